The fourth-order valence-electron chi connectivity index (χ4n) is 3.25. The summed E-state index contributed by atoms with van der Waals surface area (Å²) in [6.07, 6.45) is 0. The molecular weight excluding hydrogens is 404 g/mol. The van der Waals surface area contributed by atoms with Crippen LogP contribution in [0, 0.1) is 0 Å². The zero-order chi connectivity index (χ0) is 21.1. The molecule has 9 heteroatoms. The van der Waals surface area contributed by atoms with Crippen LogP contribution in [0.5, 0.6) is 17.2 Å². The molecule has 4 rings (SSSR count). The van der Waals surface area contributed by atoms with Crippen LogP contribution in [-0.2, 0) is 11.3 Å². The van der Waals surface area contributed by atoms with Crippen molar-refractivity contribution in [2.45, 2.75) is 6.54 Å². The van der Waals surface area contributed by atoms with Gasteiger partial charge in [0.25, 0.3) is 0 Å². The number of fused-ring (bicyclic) bond motifs is 1. The van der Waals surface area contributed by atoms with Crippen molar-refractivity contribution in [3.8, 4) is 28.8 Å². The molecule has 0 aliphatic rings. The van der Waals surface area contributed by atoms with Crippen molar-refractivity contribution < 1.29 is 19.0 Å². The van der Waals surface area contributed by atoms with E-state index in [0.29, 0.717) is 28.8 Å². The second-order valence-corrected chi connectivity index (χ2v) is 7.06. The first kappa shape index (κ1) is 19.7. The molecule has 8 nitrogen and oxygen atoms in total. The van der Waals surface area contributed by atoms with Crippen molar-refractivity contribution in [3.05, 3.63) is 47.3 Å². The molecule has 2 heterocycles. The van der Waals surface area contributed by atoms with E-state index >= 15 is 0 Å². The minimum absolute atomic E-state index is 0.0734. The van der Waals surface area contributed by atoms with Gasteiger partial charge in [-0.05, 0) is 12.1 Å². The largest absolute Gasteiger partial charge is 0.493 e. The van der Waals surface area contributed by atoms with Gasteiger partial charge in [-0.15, -0.1) is 11.3 Å². The first-order valence-electron chi connectivity index (χ1n) is 9.08. The van der Waals surface area contributed by atoms with Gasteiger partial charge in [-0.3, -0.25) is 4.79 Å². The zero-order valence-electron chi connectivity index (χ0n) is 16.7. The molecule has 0 spiro atoms. The molecule has 30 heavy (non-hydrogen) atoms. The Balaban J connectivity index is 1.65. The predicted molar refractivity (Wildman–Crippen MR) is 116 cm³/mol. The van der Waals surface area contributed by atoms with E-state index in [1.807, 2.05) is 34.2 Å². The molecule has 0 saturated heterocycles. The van der Waals surface area contributed by atoms with Gasteiger partial charge in [0.2, 0.25) is 11.7 Å². The Morgan fingerprint density at radius 2 is 1.83 bits per heavy atom. The lowest BCUT2D eigenvalue weighted by Crippen LogP contribution is -2.19. The number of methoxy groups -OCH3 is 3. The number of hydrogen-bond donors (Lipinski definition) is 1. The smallest absolute Gasteiger partial charge is 0.244 e. The summed E-state index contributed by atoms with van der Waals surface area (Å²) in [4.78, 5) is 21.9. The van der Waals surface area contributed by atoms with E-state index in [9.17, 15) is 4.79 Å². The first-order valence-corrected chi connectivity index (χ1v) is 10.0. The number of aromatic nitrogens is 3. The lowest BCUT2D eigenvalue weighted by atomic mass is 10.2. The maximum atomic E-state index is 12.9. The number of imidazole rings is 1. The van der Waals surface area contributed by atoms with Crippen molar-refractivity contribution in [3.63, 3.8) is 0 Å². The van der Waals surface area contributed by atoms with E-state index in [1.165, 1.54) is 32.7 Å². The third-order valence-electron chi connectivity index (χ3n) is 4.57. The molecule has 0 aliphatic carbocycles. The van der Waals surface area contributed by atoms with Crippen LogP contribution >= 0.6 is 11.3 Å². The Bertz CT molecular complexity index is 1160. The molecule has 2 aromatic carbocycles. The highest BCUT2D eigenvalue weighted by Crippen LogP contribution is 2.40. The molecule has 1 amide bonds. The maximum Gasteiger partial charge on any atom is 0.244 e. The van der Waals surface area contributed by atoms with Crippen LogP contribution in [0.3, 0.4) is 0 Å². The summed E-state index contributed by atoms with van der Waals surface area (Å²) in [5.41, 5.74) is 4.68. The highest BCUT2D eigenvalue weighted by molar-refractivity contribution is 7.07. The van der Waals surface area contributed by atoms with Crippen molar-refractivity contribution in [1.29, 1.82) is 0 Å². The Hall–Kier alpha value is -3.59. The standard InChI is InChI=1S/C21H20N4O4S/c1-27-17-8-13(9-18(28-2)20(17)29-3)23-19(26)10-25-16-7-5-4-6-14(16)24-21(25)15-11-30-12-22-15/h4-9,11-12H,10H2,1-3H3,(H,23,26). The van der Waals surface area contributed by atoms with E-state index in [-0.39, 0.29) is 12.5 Å². The Kier molecular flexibility index (Phi) is 5.53. The van der Waals surface area contributed by atoms with E-state index in [2.05, 4.69) is 15.3 Å². The van der Waals surface area contributed by atoms with Gasteiger partial charge in [0.1, 0.15) is 12.2 Å². The highest BCUT2D eigenvalue weighted by atomic mass is 32.1. The number of anilines is 1. The van der Waals surface area contributed by atoms with Gasteiger partial charge in [0, 0.05) is 23.2 Å². The number of carbonyl (C=O) groups is 1. The number of hydrogen-bond acceptors (Lipinski definition) is 7. The van der Waals surface area contributed by atoms with Gasteiger partial charge in [-0.2, -0.15) is 0 Å². The fourth-order valence-corrected chi connectivity index (χ4v) is 3.78. The Labute approximate surface area is 177 Å². The van der Waals surface area contributed by atoms with E-state index in [1.54, 1.807) is 17.6 Å². The van der Waals surface area contributed by atoms with Crippen LogP contribution in [0.15, 0.2) is 47.3 Å². The number of thiazole rings is 1. The van der Waals surface area contributed by atoms with Crippen LogP contribution in [0.1, 0.15) is 0 Å². The van der Waals surface area contributed by atoms with E-state index in [4.69, 9.17) is 14.2 Å². The summed E-state index contributed by atoms with van der Waals surface area (Å²) in [6.45, 7) is 0.0734. The molecule has 0 fully saturated rings. The normalized spacial score (nSPS) is 10.8. The second kappa shape index (κ2) is 8.42. The number of para-hydroxylation sites is 2. The summed E-state index contributed by atoms with van der Waals surface area (Å²) in [5.74, 6) is 1.82. The molecule has 1 N–H and O–H groups in total. The van der Waals surface area contributed by atoms with Gasteiger partial charge < -0.3 is 24.1 Å². The fraction of sp³-hybridized carbons (Fsp3) is 0.190. The van der Waals surface area contributed by atoms with Crippen LogP contribution < -0.4 is 19.5 Å². The monoisotopic (exact) mass is 424 g/mol. The van der Waals surface area contributed by atoms with Crippen LogP contribution in [0.4, 0.5) is 5.69 Å². The zero-order valence-corrected chi connectivity index (χ0v) is 17.5. The number of rotatable bonds is 7. The second-order valence-electron chi connectivity index (χ2n) is 6.35. The number of nitrogens with zero attached hydrogens (tertiary/aromatic N) is 3. The minimum Gasteiger partial charge on any atom is -0.493 e. The molecule has 0 radical (unpaired) electrons. The number of nitrogens with one attached hydrogen (secondary N) is 1. The van der Waals surface area contributed by atoms with Crippen molar-refractivity contribution in [1.82, 2.24) is 14.5 Å². The van der Waals surface area contributed by atoms with Gasteiger partial charge in [-0.1, -0.05) is 12.1 Å². The molecule has 154 valence electrons. The third-order valence-corrected chi connectivity index (χ3v) is 5.15. The molecule has 0 unspecified atom stereocenters. The molecule has 4 aromatic rings. The Morgan fingerprint density at radius 1 is 1.10 bits per heavy atom. The first-order chi connectivity index (χ1) is 14.6. The topological polar surface area (TPSA) is 87.5 Å². The molecule has 2 aromatic heterocycles. The highest BCUT2D eigenvalue weighted by Gasteiger charge is 2.18. The van der Waals surface area contributed by atoms with Crippen molar-refractivity contribution in [2.24, 2.45) is 0 Å². The average Bonchev–Trinajstić information content (AvgIpc) is 3.41. The van der Waals surface area contributed by atoms with Gasteiger partial charge in [0.15, 0.2) is 17.3 Å². The lowest BCUT2D eigenvalue weighted by Gasteiger charge is -2.15. The number of ether oxygens (including phenoxy) is 3. The number of benzene rings is 2. The van der Waals surface area contributed by atoms with Gasteiger partial charge in [-0.25, -0.2) is 9.97 Å². The van der Waals surface area contributed by atoms with Crippen LogP contribution in [0.25, 0.3) is 22.6 Å². The predicted octanol–water partition coefficient (Wildman–Crippen LogP) is 3.82. The lowest BCUT2D eigenvalue weighted by molar-refractivity contribution is -0.116. The summed E-state index contributed by atoms with van der Waals surface area (Å²) >= 11 is 1.48. The Morgan fingerprint density at radius 3 is 2.47 bits per heavy atom. The summed E-state index contributed by atoms with van der Waals surface area (Å²) in [6, 6.07) is 11.1. The SMILES string of the molecule is COc1cc(NC(=O)Cn2c(-c3cscn3)nc3ccccc32)cc(OC)c1OC. The van der Waals surface area contributed by atoms with Crippen molar-refractivity contribution in [2.75, 3.05) is 26.6 Å². The molecule has 0 aliphatic heterocycles. The maximum absolute atomic E-state index is 12.9. The van der Waals surface area contributed by atoms with Crippen LogP contribution in [0.2, 0.25) is 0 Å². The van der Waals surface area contributed by atoms with Gasteiger partial charge in [0.05, 0.1) is 37.9 Å². The summed E-state index contributed by atoms with van der Waals surface area (Å²) in [5, 5.41) is 4.81. The third kappa shape index (κ3) is 3.67. The molecule has 0 bridgehead atoms. The van der Waals surface area contributed by atoms with Gasteiger partial charge >= 0.3 is 0 Å². The number of carbonyl (C=O) groups excluding carboxylic acids is 1. The quantitative estimate of drug-likeness (QED) is 0.485. The summed E-state index contributed by atoms with van der Waals surface area (Å²) in [7, 11) is 4.59. The summed E-state index contributed by atoms with van der Waals surface area (Å²) < 4.78 is 17.9. The molecular formula is C21H20N4O4S. The average molecular weight is 424 g/mol. The minimum atomic E-state index is -0.219. The van der Waals surface area contributed by atoms with E-state index < -0.39 is 0 Å². The van der Waals surface area contributed by atoms with Crippen molar-refractivity contribution >= 4 is 34.0 Å². The van der Waals surface area contributed by atoms with E-state index in [0.717, 1.165) is 16.7 Å². The molecule has 0 atom stereocenters. The number of amides is 1. The van der Waals surface area contributed by atoms with Crippen LogP contribution in [-0.4, -0.2) is 41.8 Å². The molecule has 0 saturated carbocycles.